The van der Waals surface area contributed by atoms with E-state index in [0.29, 0.717) is 5.78 Å². The van der Waals surface area contributed by atoms with E-state index in [4.69, 9.17) is 0 Å². The number of hydrogen-bond donors (Lipinski definition) is 2. The molecule has 2 N–H and O–H groups in total. The summed E-state index contributed by atoms with van der Waals surface area (Å²) in [6.07, 6.45) is 2.36. The van der Waals surface area contributed by atoms with Gasteiger partial charge in [-0.3, -0.25) is 0 Å². The molecule has 0 bridgehead atoms. The Morgan fingerprint density at radius 3 is 2.90 bits per heavy atom. The Balaban J connectivity index is 1.58. The molecule has 0 spiro atoms. The highest BCUT2D eigenvalue weighted by molar-refractivity contribution is 7.09. The Labute approximate surface area is 125 Å². The van der Waals surface area contributed by atoms with Gasteiger partial charge in [0.2, 0.25) is 5.13 Å². The lowest BCUT2D eigenvalue weighted by atomic mass is 10.4. The predicted molar refractivity (Wildman–Crippen MR) is 81.8 cm³/mol. The molecule has 3 aromatic rings. The minimum atomic E-state index is 0.599. The van der Waals surface area contributed by atoms with Gasteiger partial charge < -0.3 is 10.6 Å². The molecule has 0 aliphatic carbocycles. The molecule has 0 saturated carbocycles. The van der Waals surface area contributed by atoms with E-state index >= 15 is 0 Å². The number of fused-ring (bicyclic) bond motifs is 1. The predicted octanol–water partition coefficient (Wildman–Crippen LogP) is 1.37. The molecule has 0 aliphatic heterocycles. The van der Waals surface area contributed by atoms with Crippen molar-refractivity contribution in [2.45, 2.75) is 20.3 Å². The van der Waals surface area contributed by atoms with Crippen molar-refractivity contribution in [2.75, 3.05) is 23.7 Å². The van der Waals surface area contributed by atoms with Crippen LogP contribution in [-0.4, -0.2) is 42.0 Å². The maximum absolute atomic E-state index is 4.36. The van der Waals surface area contributed by atoms with E-state index in [2.05, 4.69) is 35.1 Å². The smallest absolute Gasteiger partial charge is 0.254 e. The second-order valence-corrected chi connectivity index (χ2v) is 5.23. The number of anilines is 2. The van der Waals surface area contributed by atoms with Crippen LogP contribution in [0.15, 0.2) is 12.4 Å². The van der Waals surface area contributed by atoms with E-state index in [0.717, 1.165) is 42.0 Å². The molecule has 0 saturated heterocycles. The average Bonchev–Trinajstić information content (AvgIpc) is 3.11. The molecule has 3 aromatic heterocycles. The summed E-state index contributed by atoms with van der Waals surface area (Å²) in [7, 11) is 0. The van der Waals surface area contributed by atoms with Crippen LogP contribution >= 0.6 is 11.5 Å². The summed E-state index contributed by atoms with van der Waals surface area (Å²) in [5.74, 6) is 2.36. The number of hydrogen-bond acceptors (Lipinski definition) is 8. The van der Waals surface area contributed by atoms with Gasteiger partial charge in [-0.15, -0.1) is 0 Å². The van der Waals surface area contributed by atoms with Crippen LogP contribution in [0, 0.1) is 6.92 Å². The Morgan fingerprint density at radius 2 is 2.10 bits per heavy atom. The molecule has 0 aromatic carbocycles. The first kappa shape index (κ1) is 13.7. The van der Waals surface area contributed by atoms with Gasteiger partial charge in [0.05, 0.1) is 0 Å². The zero-order valence-electron chi connectivity index (χ0n) is 11.9. The van der Waals surface area contributed by atoms with Gasteiger partial charge in [-0.05, 0) is 6.92 Å². The summed E-state index contributed by atoms with van der Waals surface area (Å²) in [6, 6.07) is 1.95. The lowest BCUT2D eigenvalue weighted by Gasteiger charge is -2.08. The Kier molecular flexibility index (Phi) is 3.91. The van der Waals surface area contributed by atoms with Crippen molar-refractivity contribution in [3.63, 3.8) is 0 Å². The maximum atomic E-state index is 4.36. The molecule has 8 nitrogen and oxygen atoms in total. The van der Waals surface area contributed by atoms with E-state index in [-0.39, 0.29) is 0 Å². The Hall–Kier alpha value is -2.29. The summed E-state index contributed by atoms with van der Waals surface area (Å²) >= 11 is 1.39. The molecular weight excluding hydrogens is 288 g/mol. The number of rotatable bonds is 6. The maximum Gasteiger partial charge on any atom is 0.254 e. The van der Waals surface area contributed by atoms with Gasteiger partial charge in [-0.1, -0.05) is 6.92 Å². The summed E-state index contributed by atoms with van der Waals surface area (Å²) in [5.41, 5.74) is 0.905. The largest absolute Gasteiger partial charge is 0.368 e. The molecule has 0 atom stereocenters. The molecule has 0 fully saturated rings. The molecule has 9 heteroatoms. The molecule has 0 aliphatic rings. The van der Waals surface area contributed by atoms with Crippen LogP contribution < -0.4 is 10.6 Å². The molecule has 0 unspecified atom stereocenters. The number of aryl methyl sites for hydroxylation is 2. The second kappa shape index (κ2) is 6.00. The van der Waals surface area contributed by atoms with Gasteiger partial charge in [-0.2, -0.15) is 19.0 Å². The van der Waals surface area contributed by atoms with Gasteiger partial charge >= 0.3 is 0 Å². The van der Waals surface area contributed by atoms with Gasteiger partial charge in [-0.25, -0.2) is 9.97 Å². The van der Waals surface area contributed by atoms with Crippen molar-refractivity contribution in [1.29, 1.82) is 0 Å². The zero-order valence-corrected chi connectivity index (χ0v) is 12.7. The second-order valence-electron chi connectivity index (χ2n) is 4.48. The lowest BCUT2D eigenvalue weighted by Crippen LogP contribution is -2.16. The molecule has 3 heterocycles. The minimum absolute atomic E-state index is 0.599. The fraction of sp³-hybridized carbons (Fsp3) is 0.417. The standard InChI is InChI=1S/C12H16N8S/c1-3-9-18-12(21-19-9)14-5-4-13-10-6-8(2)17-11-15-7-16-20(10)11/h6-7,13H,3-5H2,1-2H3,(H,14,18,19). The fourth-order valence-corrected chi connectivity index (χ4v) is 2.56. The minimum Gasteiger partial charge on any atom is -0.368 e. The topological polar surface area (TPSA) is 92.9 Å². The van der Waals surface area contributed by atoms with Gasteiger partial charge in [0.1, 0.15) is 18.0 Å². The zero-order chi connectivity index (χ0) is 14.7. The molecule has 21 heavy (non-hydrogen) atoms. The first-order chi connectivity index (χ1) is 10.3. The molecule has 0 amide bonds. The Morgan fingerprint density at radius 1 is 1.24 bits per heavy atom. The normalized spacial score (nSPS) is 11.0. The van der Waals surface area contributed by atoms with Crippen LogP contribution in [0.25, 0.3) is 5.78 Å². The average molecular weight is 304 g/mol. The van der Waals surface area contributed by atoms with Gasteiger partial charge in [0, 0.05) is 42.8 Å². The fourth-order valence-electron chi connectivity index (χ4n) is 1.89. The number of nitrogens with zero attached hydrogens (tertiary/aromatic N) is 6. The first-order valence-corrected chi connectivity index (χ1v) is 7.51. The van der Waals surface area contributed by atoms with E-state index in [1.807, 2.05) is 19.9 Å². The van der Waals surface area contributed by atoms with Crippen molar-refractivity contribution in [3.8, 4) is 0 Å². The highest BCUT2D eigenvalue weighted by Gasteiger charge is 2.05. The summed E-state index contributed by atoms with van der Waals surface area (Å²) in [5, 5.41) is 11.6. The quantitative estimate of drug-likeness (QED) is 0.664. The summed E-state index contributed by atoms with van der Waals surface area (Å²) < 4.78 is 5.92. The van der Waals surface area contributed by atoms with Crippen LogP contribution in [0.2, 0.25) is 0 Å². The molecular formula is C12H16N8S. The number of nitrogens with one attached hydrogen (secondary N) is 2. The van der Waals surface area contributed by atoms with Crippen molar-refractivity contribution in [3.05, 3.63) is 23.9 Å². The van der Waals surface area contributed by atoms with Gasteiger partial charge in [0.25, 0.3) is 5.78 Å². The van der Waals surface area contributed by atoms with Crippen LogP contribution in [0.1, 0.15) is 18.4 Å². The van der Waals surface area contributed by atoms with E-state index in [1.165, 1.54) is 17.9 Å². The van der Waals surface area contributed by atoms with Crippen LogP contribution in [0.3, 0.4) is 0 Å². The molecule has 3 rings (SSSR count). The van der Waals surface area contributed by atoms with Crippen LogP contribution in [0.5, 0.6) is 0 Å². The van der Waals surface area contributed by atoms with Crippen molar-refractivity contribution < 1.29 is 0 Å². The first-order valence-electron chi connectivity index (χ1n) is 6.74. The molecule has 0 radical (unpaired) electrons. The van der Waals surface area contributed by atoms with E-state index in [1.54, 1.807) is 4.52 Å². The SMILES string of the molecule is CCc1nsc(NCCNc2cc(C)nc3ncnn23)n1. The molecule has 110 valence electrons. The highest BCUT2D eigenvalue weighted by atomic mass is 32.1. The lowest BCUT2D eigenvalue weighted by molar-refractivity contribution is 0.914. The number of aromatic nitrogens is 6. The van der Waals surface area contributed by atoms with Crippen molar-refractivity contribution >= 4 is 28.3 Å². The van der Waals surface area contributed by atoms with E-state index < -0.39 is 0 Å². The monoisotopic (exact) mass is 304 g/mol. The summed E-state index contributed by atoms with van der Waals surface area (Å²) in [6.45, 7) is 5.46. The third-order valence-electron chi connectivity index (χ3n) is 2.87. The van der Waals surface area contributed by atoms with Crippen molar-refractivity contribution in [1.82, 2.24) is 28.9 Å². The van der Waals surface area contributed by atoms with Crippen LogP contribution in [0.4, 0.5) is 10.9 Å². The van der Waals surface area contributed by atoms with E-state index in [9.17, 15) is 0 Å². The summed E-state index contributed by atoms with van der Waals surface area (Å²) in [4.78, 5) is 12.8. The van der Waals surface area contributed by atoms with Crippen molar-refractivity contribution in [2.24, 2.45) is 0 Å². The Bertz CT molecular complexity index is 734. The third kappa shape index (κ3) is 3.07. The highest BCUT2D eigenvalue weighted by Crippen LogP contribution is 2.11. The van der Waals surface area contributed by atoms with Gasteiger partial charge in [0.15, 0.2) is 0 Å². The van der Waals surface area contributed by atoms with Crippen LogP contribution in [-0.2, 0) is 6.42 Å². The third-order valence-corrected chi connectivity index (χ3v) is 3.58.